The monoisotopic (exact) mass is 249 g/mol. The van der Waals surface area contributed by atoms with Gasteiger partial charge in [-0.25, -0.2) is 0 Å². The number of ether oxygens (including phenoxy) is 1. The fourth-order valence-electron chi connectivity index (χ4n) is 1.83. The average molecular weight is 249 g/mol. The second-order valence-electron chi connectivity index (χ2n) is 6.24. The minimum atomic E-state index is 0.162. The molecule has 1 rings (SSSR count). The standard InChI is InChI=1S/C16H27NO/c1-12(2)15(11-17-6)18-14-9-7-8-13(10-14)16(3,4)5/h7-10,12,15,17H,11H2,1-6H3. The molecule has 18 heavy (non-hydrogen) atoms. The summed E-state index contributed by atoms with van der Waals surface area (Å²) in [6.45, 7) is 11.9. The Morgan fingerprint density at radius 3 is 2.39 bits per heavy atom. The molecule has 0 heterocycles. The molecular weight excluding hydrogens is 222 g/mol. The fraction of sp³-hybridized carbons (Fsp3) is 0.625. The van der Waals surface area contributed by atoms with Crippen LogP contribution in [0.3, 0.4) is 0 Å². The first kappa shape index (κ1) is 15.0. The van der Waals surface area contributed by atoms with E-state index in [0.29, 0.717) is 5.92 Å². The molecule has 0 aliphatic rings. The van der Waals surface area contributed by atoms with Crippen molar-refractivity contribution < 1.29 is 4.74 Å². The van der Waals surface area contributed by atoms with Crippen molar-refractivity contribution in [2.75, 3.05) is 13.6 Å². The molecule has 0 radical (unpaired) electrons. The van der Waals surface area contributed by atoms with Gasteiger partial charge in [-0.05, 0) is 36.1 Å². The summed E-state index contributed by atoms with van der Waals surface area (Å²) < 4.78 is 6.09. The summed E-state index contributed by atoms with van der Waals surface area (Å²) in [6.07, 6.45) is 0.213. The minimum absolute atomic E-state index is 0.162. The molecule has 0 fully saturated rings. The zero-order valence-corrected chi connectivity index (χ0v) is 12.6. The van der Waals surface area contributed by atoms with Crippen LogP contribution in [0.2, 0.25) is 0 Å². The normalized spacial score (nSPS) is 13.7. The Hall–Kier alpha value is -1.02. The van der Waals surface area contributed by atoms with Crippen molar-refractivity contribution in [2.24, 2.45) is 5.92 Å². The molecule has 0 aliphatic heterocycles. The summed E-state index contributed by atoms with van der Waals surface area (Å²) in [5, 5.41) is 3.19. The van der Waals surface area contributed by atoms with Crippen LogP contribution in [-0.4, -0.2) is 19.7 Å². The van der Waals surface area contributed by atoms with Gasteiger partial charge in [-0.3, -0.25) is 0 Å². The van der Waals surface area contributed by atoms with Gasteiger partial charge in [0.25, 0.3) is 0 Å². The Kier molecular flexibility index (Phi) is 5.21. The molecule has 0 amide bonds. The lowest BCUT2D eigenvalue weighted by Gasteiger charge is -2.24. The van der Waals surface area contributed by atoms with Gasteiger partial charge in [0, 0.05) is 6.54 Å². The van der Waals surface area contributed by atoms with E-state index in [1.165, 1.54) is 5.56 Å². The first-order valence-corrected chi connectivity index (χ1v) is 6.76. The zero-order chi connectivity index (χ0) is 13.8. The summed E-state index contributed by atoms with van der Waals surface area (Å²) in [6, 6.07) is 8.44. The number of hydrogen-bond acceptors (Lipinski definition) is 2. The fourth-order valence-corrected chi connectivity index (χ4v) is 1.83. The van der Waals surface area contributed by atoms with E-state index < -0.39 is 0 Å². The zero-order valence-electron chi connectivity index (χ0n) is 12.6. The number of nitrogens with one attached hydrogen (secondary N) is 1. The molecule has 0 spiro atoms. The Morgan fingerprint density at radius 1 is 1.22 bits per heavy atom. The molecule has 0 aliphatic carbocycles. The van der Waals surface area contributed by atoms with Gasteiger partial charge in [0.05, 0.1) is 0 Å². The van der Waals surface area contributed by atoms with Crippen LogP contribution in [0.15, 0.2) is 24.3 Å². The van der Waals surface area contributed by atoms with Gasteiger partial charge < -0.3 is 10.1 Å². The molecule has 0 aromatic heterocycles. The maximum absolute atomic E-state index is 6.09. The molecule has 0 bridgehead atoms. The highest BCUT2D eigenvalue weighted by Gasteiger charge is 2.17. The van der Waals surface area contributed by atoms with Crippen molar-refractivity contribution in [2.45, 2.75) is 46.1 Å². The highest BCUT2D eigenvalue weighted by atomic mass is 16.5. The predicted molar refractivity (Wildman–Crippen MR) is 78.3 cm³/mol. The van der Waals surface area contributed by atoms with Crippen LogP contribution in [-0.2, 0) is 5.41 Å². The lowest BCUT2D eigenvalue weighted by atomic mass is 9.87. The van der Waals surface area contributed by atoms with Crippen molar-refractivity contribution >= 4 is 0 Å². The molecule has 0 saturated heterocycles. The number of rotatable bonds is 5. The molecule has 1 N–H and O–H groups in total. The summed E-state index contributed by atoms with van der Waals surface area (Å²) in [4.78, 5) is 0. The number of likely N-dealkylation sites (N-methyl/N-ethyl adjacent to an activating group) is 1. The molecular formula is C16H27NO. The Balaban J connectivity index is 2.83. The van der Waals surface area contributed by atoms with Crippen molar-refractivity contribution in [1.82, 2.24) is 5.32 Å². The summed E-state index contributed by atoms with van der Waals surface area (Å²) in [5.74, 6) is 1.46. The van der Waals surface area contributed by atoms with Crippen LogP contribution in [0, 0.1) is 5.92 Å². The van der Waals surface area contributed by atoms with E-state index >= 15 is 0 Å². The third-order valence-electron chi connectivity index (χ3n) is 3.14. The lowest BCUT2D eigenvalue weighted by Crippen LogP contribution is -2.33. The molecule has 1 aromatic carbocycles. The Morgan fingerprint density at radius 2 is 1.89 bits per heavy atom. The van der Waals surface area contributed by atoms with Crippen LogP contribution >= 0.6 is 0 Å². The first-order valence-electron chi connectivity index (χ1n) is 6.76. The van der Waals surface area contributed by atoms with Crippen molar-refractivity contribution in [3.63, 3.8) is 0 Å². The maximum Gasteiger partial charge on any atom is 0.120 e. The van der Waals surface area contributed by atoms with E-state index in [0.717, 1.165) is 12.3 Å². The first-order chi connectivity index (χ1) is 8.34. The lowest BCUT2D eigenvalue weighted by molar-refractivity contribution is 0.151. The van der Waals surface area contributed by atoms with Gasteiger partial charge >= 0.3 is 0 Å². The second kappa shape index (κ2) is 6.24. The van der Waals surface area contributed by atoms with E-state index in [9.17, 15) is 0 Å². The van der Waals surface area contributed by atoms with E-state index in [1.807, 2.05) is 13.1 Å². The molecule has 1 aromatic rings. The molecule has 1 unspecified atom stereocenters. The molecule has 2 heteroatoms. The summed E-state index contributed by atoms with van der Waals surface area (Å²) in [7, 11) is 1.96. The summed E-state index contributed by atoms with van der Waals surface area (Å²) >= 11 is 0. The van der Waals surface area contributed by atoms with Gasteiger partial charge in [0.1, 0.15) is 11.9 Å². The van der Waals surface area contributed by atoms with E-state index in [2.05, 4.69) is 58.1 Å². The predicted octanol–water partition coefficient (Wildman–Crippen LogP) is 3.61. The SMILES string of the molecule is CNCC(Oc1cccc(C(C)(C)C)c1)C(C)C. The van der Waals surface area contributed by atoms with Crippen LogP contribution in [0.4, 0.5) is 0 Å². The van der Waals surface area contributed by atoms with Crippen LogP contribution < -0.4 is 10.1 Å². The molecule has 102 valence electrons. The summed E-state index contributed by atoms with van der Waals surface area (Å²) in [5.41, 5.74) is 1.47. The minimum Gasteiger partial charge on any atom is -0.489 e. The highest BCUT2D eigenvalue weighted by molar-refractivity contribution is 5.32. The average Bonchev–Trinajstić information content (AvgIpc) is 2.27. The number of benzene rings is 1. The van der Waals surface area contributed by atoms with Crippen molar-refractivity contribution in [1.29, 1.82) is 0 Å². The van der Waals surface area contributed by atoms with Gasteiger partial charge in [0.15, 0.2) is 0 Å². The maximum atomic E-state index is 6.09. The molecule has 1 atom stereocenters. The van der Waals surface area contributed by atoms with E-state index in [1.54, 1.807) is 0 Å². The van der Waals surface area contributed by atoms with Crippen molar-refractivity contribution in [3.8, 4) is 5.75 Å². The largest absolute Gasteiger partial charge is 0.489 e. The third kappa shape index (κ3) is 4.34. The van der Waals surface area contributed by atoms with Crippen molar-refractivity contribution in [3.05, 3.63) is 29.8 Å². The van der Waals surface area contributed by atoms with Gasteiger partial charge in [0.2, 0.25) is 0 Å². The topological polar surface area (TPSA) is 21.3 Å². The van der Waals surface area contributed by atoms with Gasteiger partial charge in [-0.1, -0.05) is 46.8 Å². The van der Waals surface area contributed by atoms with Crippen LogP contribution in [0.5, 0.6) is 5.75 Å². The van der Waals surface area contributed by atoms with E-state index in [-0.39, 0.29) is 11.5 Å². The second-order valence-corrected chi connectivity index (χ2v) is 6.24. The smallest absolute Gasteiger partial charge is 0.120 e. The third-order valence-corrected chi connectivity index (χ3v) is 3.14. The molecule has 2 nitrogen and oxygen atoms in total. The Bertz CT molecular complexity index is 366. The number of hydrogen-bond donors (Lipinski definition) is 1. The Labute approximate surface area is 112 Å². The quantitative estimate of drug-likeness (QED) is 0.861. The highest BCUT2D eigenvalue weighted by Crippen LogP contribution is 2.26. The van der Waals surface area contributed by atoms with E-state index in [4.69, 9.17) is 4.74 Å². The van der Waals surface area contributed by atoms with Crippen LogP contribution in [0.25, 0.3) is 0 Å². The van der Waals surface area contributed by atoms with Gasteiger partial charge in [-0.15, -0.1) is 0 Å². The van der Waals surface area contributed by atoms with Crippen LogP contribution in [0.1, 0.15) is 40.2 Å². The van der Waals surface area contributed by atoms with Gasteiger partial charge in [-0.2, -0.15) is 0 Å². The molecule has 0 saturated carbocycles.